The van der Waals surface area contributed by atoms with E-state index in [1.54, 1.807) is 26.0 Å². The third-order valence-corrected chi connectivity index (χ3v) is 5.40. The molecule has 0 spiro atoms. The van der Waals surface area contributed by atoms with Gasteiger partial charge >= 0.3 is 0 Å². The summed E-state index contributed by atoms with van der Waals surface area (Å²) in [5, 5.41) is 0. The van der Waals surface area contributed by atoms with Gasteiger partial charge in [0.2, 0.25) is 10.0 Å². The molecule has 1 aromatic carbocycles. The second-order valence-corrected chi connectivity index (χ2v) is 8.48. The molecule has 1 saturated carbocycles. The van der Waals surface area contributed by atoms with Crippen LogP contribution in [0.1, 0.15) is 57.4 Å². The summed E-state index contributed by atoms with van der Waals surface area (Å²) in [7, 11) is -3.47. The van der Waals surface area contributed by atoms with Gasteiger partial charge in [0.1, 0.15) is 0 Å². The second kappa shape index (κ2) is 7.77. The van der Waals surface area contributed by atoms with Crippen molar-refractivity contribution in [2.75, 3.05) is 6.54 Å². The minimum Gasteiger partial charge on any atom is -0.324 e. The van der Waals surface area contributed by atoms with E-state index in [2.05, 4.69) is 4.72 Å². The molecule has 0 aromatic heterocycles. The van der Waals surface area contributed by atoms with Crippen LogP contribution in [0.25, 0.3) is 0 Å². The van der Waals surface area contributed by atoms with Gasteiger partial charge in [0, 0.05) is 12.1 Å². The largest absolute Gasteiger partial charge is 0.324 e. The van der Waals surface area contributed by atoms with Gasteiger partial charge in [-0.25, -0.2) is 13.1 Å². The predicted octanol–water partition coefficient (Wildman–Crippen LogP) is 3.17. The number of benzene rings is 1. The Hall–Kier alpha value is -0.620. The summed E-state index contributed by atoms with van der Waals surface area (Å²) in [6, 6.07) is 7.32. The Balaban J connectivity index is 0.00000242. The van der Waals surface area contributed by atoms with Gasteiger partial charge in [-0.15, -0.1) is 12.4 Å². The average molecular weight is 347 g/mol. The number of hydrogen-bond donors (Lipinski definition) is 2. The van der Waals surface area contributed by atoms with E-state index in [0.717, 1.165) is 0 Å². The first-order valence-corrected chi connectivity index (χ1v) is 9.15. The molecular weight excluding hydrogens is 320 g/mol. The van der Waals surface area contributed by atoms with Crippen LogP contribution in [0, 0.1) is 0 Å². The van der Waals surface area contributed by atoms with E-state index in [1.165, 1.54) is 37.7 Å². The van der Waals surface area contributed by atoms with Gasteiger partial charge in [0.15, 0.2) is 0 Å². The summed E-state index contributed by atoms with van der Waals surface area (Å²) in [4.78, 5) is 0.311. The van der Waals surface area contributed by atoms with E-state index in [9.17, 15) is 8.42 Å². The highest BCUT2D eigenvalue weighted by molar-refractivity contribution is 7.89. The highest BCUT2D eigenvalue weighted by Crippen LogP contribution is 2.32. The van der Waals surface area contributed by atoms with Crippen molar-refractivity contribution in [3.63, 3.8) is 0 Å². The molecule has 22 heavy (non-hydrogen) atoms. The molecule has 1 fully saturated rings. The lowest BCUT2D eigenvalue weighted by atomic mass is 9.84. The molecule has 6 heteroatoms. The van der Waals surface area contributed by atoms with E-state index in [-0.39, 0.29) is 19.0 Å². The summed E-state index contributed by atoms with van der Waals surface area (Å²) in [6.45, 7) is 3.81. The normalized spacial score (nSPS) is 17.0. The Labute approximate surface area is 140 Å². The van der Waals surface area contributed by atoms with Crippen molar-refractivity contribution in [2.24, 2.45) is 5.73 Å². The van der Waals surface area contributed by atoms with Crippen molar-refractivity contribution in [2.45, 2.75) is 62.3 Å². The molecule has 2 rings (SSSR count). The lowest BCUT2D eigenvalue weighted by Crippen LogP contribution is -2.45. The summed E-state index contributed by atoms with van der Waals surface area (Å²) in [6.07, 6.45) is 6.30. The fourth-order valence-electron chi connectivity index (χ4n) is 2.72. The third kappa shape index (κ3) is 5.54. The third-order valence-electron chi connectivity index (χ3n) is 3.98. The molecule has 0 heterocycles. The van der Waals surface area contributed by atoms with E-state index in [1.807, 2.05) is 12.1 Å². The maximum absolute atomic E-state index is 12.2. The molecule has 0 saturated heterocycles. The Morgan fingerprint density at radius 1 is 1.14 bits per heavy atom. The van der Waals surface area contributed by atoms with Crippen molar-refractivity contribution in [1.29, 1.82) is 0 Å². The zero-order chi connectivity index (χ0) is 15.5. The number of halogens is 1. The lowest BCUT2D eigenvalue weighted by molar-refractivity contribution is 0.443. The van der Waals surface area contributed by atoms with Crippen LogP contribution in [0.4, 0.5) is 0 Å². The zero-order valence-corrected chi connectivity index (χ0v) is 15.0. The zero-order valence-electron chi connectivity index (χ0n) is 13.3. The fraction of sp³-hybridized carbons (Fsp3) is 0.625. The molecule has 1 aromatic rings. The number of sulfonamides is 1. The van der Waals surface area contributed by atoms with Gasteiger partial charge in [-0.1, -0.05) is 31.4 Å². The monoisotopic (exact) mass is 346 g/mol. The van der Waals surface area contributed by atoms with E-state index < -0.39 is 15.6 Å². The Morgan fingerprint density at radius 3 is 2.18 bits per heavy atom. The summed E-state index contributed by atoms with van der Waals surface area (Å²) in [5.41, 5.74) is 6.51. The van der Waals surface area contributed by atoms with Crippen LogP contribution in [-0.2, 0) is 10.0 Å². The van der Waals surface area contributed by atoms with E-state index >= 15 is 0 Å². The van der Waals surface area contributed by atoms with Crippen molar-refractivity contribution in [1.82, 2.24) is 4.72 Å². The summed E-state index contributed by atoms with van der Waals surface area (Å²) >= 11 is 0. The van der Waals surface area contributed by atoms with Crippen LogP contribution in [0.3, 0.4) is 0 Å². The standard InChI is InChI=1S/C16H26N2O2S.ClH/c1-16(2,17)12-18-21(19,20)15-10-8-14(9-11-15)13-6-4-3-5-7-13;/h8-11,13,18H,3-7,12,17H2,1-2H3;1H. The molecule has 0 bridgehead atoms. The smallest absolute Gasteiger partial charge is 0.240 e. The first-order chi connectivity index (χ1) is 9.78. The van der Waals surface area contributed by atoms with Crippen LogP contribution in [0.5, 0.6) is 0 Å². The minimum atomic E-state index is -3.47. The van der Waals surface area contributed by atoms with Crippen LogP contribution >= 0.6 is 12.4 Å². The molecule has 1 aliphatic carbocycles. The topological polar surface area (TPSA) is 72.2 Å². The quantitative estimate of drug-likeness (QED) is 0.860. The number of hydrogen-bond acceptors (Lipinski definition) is 3. The van der Waals surface area contributed by atoms with Crippen molar-refractivity contribution in [3.05, 3.63) is 29.8 Å². The molecule has 3 N–H and O–H groups in total. The molecule has 0 aliphatic heterocycles. The Morgan fingerprint density at radius 2 is 1.68 bits per heavy atom. The molecule has 0 radical (unpaired) electrons. The molecular formula is C16H27ClN2O2S. The molecule has 4 nitrogen and oxygen atoms in total. The maximum Gasteiger partial charge on any atom is 0.240 e. The summed E-state index contributed by atoms with van der Waals surface area (Å²) < 4.78 is 27.0. The first kappa shape index (κ1) is 19.4. The minimum absolute atomic E-state index is 0. The highest BCUT2D eigenvalue weighted by Gasteiger charge is 2.20. The van der Waals surface area contributed by atoms with Gasteiger partial charge in [-0.05, 0) is 50.3 Å². The SMILES string of the molecule is CC(C)(N)CNS(=O)(=O)c1ccc(C2CCCCC2)cc1.Cl. The van der Waals surface area contributed by atoms with E-state index in [0.29, 0.717) is 10.8 Å². The Bertz CT molecular complexity index is 559. The van der Waals surface area contributed by atoms with Gasteiger partial charge < -0.3 is 5.73 Å². The van der Waals surface area contributed by atoms with Gasteiger partial charge in [0.25, 0.3) is 0 Å². The van der Waals surface area contributed by atoms with Gasteiger partial charge in [-0.3, -0.25) is 0 Å². The second-order valence-electron chi connectivity index (χ2n) is 6.72. The van der Waals surface area contributed by atoms with Crippen molar-refractivity contribution in [3.8, 4) is 0 Å². The number of nitrogens with one attached hydrogen (secondary N) is 1. The molecule has 126 valence electrons. The van der Waals surface area contributed by atoms with Crippen LogP contribution in [-0.4, -0.2) is 20.5 Å². The predicted molar refractivity (Wildman–Crippen MR) is 93.0 cm³/mol. The number of nitrogens with two attached hydrogens (primary N) is 1. The maximum atomic E-state index is 12.2. The highest BCUT2D eigenvalue weighted by atomic mass is 35.5. The fourth-order valence-corrected chi connectivity index (χ4v) is 3.94. The molecule has 0 amide bonds. The van der Waals surface area contributed by atoms with Crippen LogP contribution in [0.15, 0.2) is 29.2 Å². The van der Waals surface area contributed by atoms with Crippen molar-refractivity contribution >= 4 is 22.4 Å². The average Bonchev–Trinajstić information content (AvgIpc) is 2.46. The first-order valence-electron chi connectivity index (χ1n) is 7.66. The molecule has 1 aliphatic rings. The van der Waals surface area contributed by atoms with Gasteiger partial charge in [0.05, 0.1) is 4.90 Å². The molecule has 0 unspecified atom stereocenters. The van der Waals surface area contributed by atoms with Crippen LogP contribution in [0.2, 0.25) is 0 Å². The molecule has 0 atom stereocenters. The van der Waals surface area contributed by atoms with Crippen molar-refractivity contribution < 1.29 is 8.42 Å². The van der Waals surface area contributed by atoms with Crippen LogP contribution < -0.4 is 10.5 Å². The van der Waals surface area contributed by atoms with Gasteiger partial charge in [-0.2, -0.15) is 0 Å². The lowest BCUT2D eigenvalue weighted by Gasteiger charge is -2.22. The Kier molecular flexibility index (Phi) is 6.86. The summed E-state index contributed by atoms with van der Waals surface area (Å²) in [5.74, 6) is 0.589. The number of rotatable bonds is 5. The van der Waals surface area contributed by atoms with E-state index in [4.69, 9.17) is 5.73 Å².